The summed E-state index contributed by atoms with van der Waals surface area (Å²) < 4.78 is 75.0. The lowest BCUT2D eigenvalue weighted by Gasteiger charge is -2.12. The van der Waals surface area contributed by atoms with Gasteiger partial charge in [-0.25, -0.2) is 8.42 Å². The van der Waals surface area contributed by atoms with Crippen LogP contribution in [0.25, 0.3) is 0 Å². The molecule has 0 amide bonds. The highest BCUT2D eigenvalue weighted by molar-refractivity contribution is 7.91. The van der Waals surface area contributed by atoms with Crippen LogP contribution >= 0.6 is 0 Å². The summed E-state index contributed by atoms with van der Waals surface area (Å²) in [6, 6.07) is 13.5. The van der Waals surface area contributed by atoms with Crippen molar-refractivity contribution >= 4 is 15.8 Å². The molecule has 0 radical (unpaired) electrons. The molecule has 174 valence electrons. The van der Waals surface area contributed by atoms with Crippen molar-refractivity contribution in [2.75, 3.05) is 6.61 Å². The van der Waals surface area contributed by atoms with Gasteiger partial charge >= 0.3 is 12.1 Å². The molecule has 0 aliphatic carbocycles. The Bertz CT molecular complexity index is 1230. The maximum absolute atomic E-state index is 13.1. The van der Waals surface area contributed by atoms with Crippen molar-refractivity contribution in [3.63, 3.8) is 0 Å². The number of benzene rings is 3. The summed E-state index contributed by atoms with van der Waals surface area (Å²) in [5, 5.41) is 9.05. The predicted molar refractivity (Wildman–Crippen MR) is 112 cm³/mol. The molecule has 6 nitrogen and oxygen atoms in total. The molecule has 0 saturated carbocycles. The lowest BCUT2D eigenvalue weighted by Crippen LogP contribution is -2.06. The fourth-order valence-electron chi connectivity index (χ4n) is 2.98. The molecule has 0 aromatic heterocycles. The van der Waals surface area contributed by atoms with Crippen molar-refractivity contribution in [2.45, 2.75) is 29.3 Å². The second-order valence-corrected chi connectivity index (χ2v) is 8.86. The van der Waals surface area contributed by atoms with Crippen LogP contribution in [0.2, 0.25) is 0 Å². The molecule has 3 aromatic carbocycles. The van der Waals surface area contributed by atoms with Crippen LogP contribution in [0.1, 0.15) is 18.1 Å². The standard InChI is InChI=1S/C23H19F3O6S/c1-2-31-19-11-15(13-22(27)28)12-21(14-19)33(29,30)20-9-7-18(8-10-20)32-17-5-3-16(4-6-17)23(24,25)26/h3-12,14H,2,13H2,1H3,(H,27,28). The molecule has 0 aliphatic rings. The van der Waals surface area contributed by atoms with Crippen molar-refractivity contribution in [3.8, 4) is 17.2 Å². The molecule has 0 saturated heterocycles. The van der Waals surface area contributed by atoms with E-state index in [9.17, 15) is 26.4 Å². The van der Waals surface area contributed by atoms with Crippen LogP contribution in [-0.4, -0.2) is 26.1 Å². The van der Waals surface area contributed by atoms with E-state index in [0.717, 1.165) is 24.3 Å². The van der Waals surface area contributed by atoms with E-state index in [1.54, 1.807) is 6.92 Å². The minimum atomic E-state index is -4.46. The predicted octanol–water partition coefficient (Wildman–Crippen LogP) is 5.36. The van der Waals surface area contributed by atoms with Crippen LogP contribution in [0.15, 0.2) is 76.5 Å². The lowest BCUT2D eigenvalue weighted by atomic mass is 10.1. The number of aliphatic carboxylic acids is 1. The highest BCUT2D eigenvalue weighted by Crippen LogP contribution is 2.32. The quantitative estimate of drug-likeness (QED) is 0.467. The van der Waals surface area contributed by atoms with Gasteiger partial charge in [-0.2, -0.15) is 13.2 Å². The van der Waals surface area contributed by atoms with Crippen molar-refractivity contribution in [2.24, 2.45) is 0 Å². The molecule has 0 aliphatic heterocycles. The summed E-state index contributed by atoms with van der Waals surface area (Å²) in [4.78, 5) is 10.9. The molecule has 3 aromatic rings. The van der Waals surface area contributed by atoms with Crippen LogP contribution in [0.3, 0.4) is 0 Å². The van der Waals surface area contributed by atoms with E-state index in [-0.39, 0.29) is 45.6 Å². The van der Waals surface area contributed by atoms with Gasteiger partial charge in [0.1, 0.15) is 17.2 Å². The number of rotatable bonds is 8. The van der Waals surface area contributed by atoms with Crippen LogP contribution in [-0.2, 0) is 27.2 Å². The Morgan fingerprint density at radius 3 is 1.97 bits per heavy atom. The van der Waals surface area contributed by atoms with E-state index in [0.29, 0.717) is 0 Å². The molecule has 0 bridgehead atoms. The number of hydrogen-bond donors (Lipinski definition) is 1. The number of halogens is 3. The van der Waals surface area contributed by atoms with Gasteiger partial charge in [0.25, 0.3) is 0 Å². The Balaban J connectivity index is 1.85. The topological polar surface area (TPSA) is 89.9 Å². The van der Waals surface area contributed by atoms with Gasteiger partial charge in [-0.1, -0.05) is 0 Å². The Labute approximate surface area is 188 Å². The maximum atomic E-state index is 13.1. The molecule has 0 fully saturated rings. The third kappa shape index (κ3) is 6.04. The monoisotopic (exact) mass is 480 g/mol. The van der Waals surface area contributed by atoms with Gasteiger partial charge in [-0.15, -0.1) is 0 Å². The van der Waals surface area contributed by atoms with E-state index in [1.807, 2.05) is 0 Å². The molecule has 0 atom stereocenters. The van der Waals surface area contributed by atoms with Gasteiger partial charge in [0.15, 0.2) is 0 Å². The fourth-order valence-corrected chi connectivity index (χ4v) is 4.33. The summed E-state index contributed by atoms with van der Waals surface area (Å²) in [6.07, 6.45) is -4.83. The summed E-state index contributed by atoms with van der Waals surface area (Å²) in [7, 11) is -4.00. The van der Waals surface area contributed by atoms with Crippen LogP contribution in [0.5, 0.6) is 17.2 Å². The number of carboxylic acid groups (broad SMARTS) is 1. The van der Waals surface area contributed by atoms with Gasteiger partial charge in [0.2, 0.25) is 9.84 Å². The first kappa shape index (κ1) is 24.1. The van der Waals surface area contributed by atoms with E-state index in [2.05, 4.69) is 0 Å². The van der Waals surface area contributed by atoms with E-state index in [1.165, 1.54) is 42.5 Å². The minimum Gasteiger partial charge on any atom is -0.494 e. The zero-order chi connectivity index (χ0) is 24.2. The smallest absolute Gasteiger partial charge is 0.416 e. The Morgan fingerprint density at radius 2 is 1.45 bits per heavy atom. The summed E-state index contributed by atoms with van der Waals surface area (Å²) >= 11 is 0. The zero-order valence-corrected chi connectivity index (χ0v) is 18.1. The second kappa shape index (κ2) is 9.53. The summed E-state index contributed by atoms with van der Waals surface area (Å²) in [5.41, 5.74) is -0.540. The zero-order valence-electron chi connectivity index (χ0n) is 17.3. The molecule has 0 heterocycles. The van der Waals surface area contributed by atoms with E-state index >= 15 is 0 Å². The number of hydrogen-bond acceptors (Lipinski definition) is 5. The van der Waals surface area contributed by atoms with Gasteiger partial charge < -0.3 is 14.6 Å². The number of sulfone groups is 1. The summed E-state index contributed by atoms with van der Waals surface area (Å²) in [6.45, 7) is 1.99. The van der Waals surface area contributed by atoms with E-state index in [4.69, 9.17) is 14.6 Å². The normalized spacial score (nSPS) is 11.8. The third-order valence-corrected chi connectivity index (χ3v) is 6.22. The van der Waals surface area contributed by atoms with Crippen molar-refractivity contribution in [3.05, 3.63) is 77.9 Å². The van der Waals surface area contributed by atoms with Gasteiger partial charge in [-0.3, -0.25) is 4.79 Å². The number of carbonyl (C=O) groups is 1. The van der Waals surface area contributed by atoms with Gasteiger partial charge in [0.05, 0.1) is 28.4 Å². The highest BCUT2D eigenvalue weighted by Gasteiger charge is 2.30. The maximum Gasteiger partial charge on any atom is 0.416 e. The van der Waals surface area contributed by atoms with Crippen molar-refractivity contribution in [1.82, 2.24) is 0 Å². The minimum absolute atomic E-state index is 0.0720. The summed E-state index contributed by atoms with van der Waals surface area (Å²) in [5.74, 6) is -0.501. The van der Waals surface area contributed by atoms with Crippen LogP contribution in [0, 0.1) is 0 Å². The number of alkyl halides is 3. The number of carboxylic acids is 1. The van der Waals surface area contributed by atoms with Crippen LogP contribution in [0.4, 0.5) is 13.2 Å². The highest BCUT2D eigenvalue weighted by atomic mass is 32.2. The molecule has 3 rings (SSSR count). The molecule has 10 heteroatoms. The molecule has 0 unspecified atom stereocenters. The third-order valence-electron chi connectivity index (χ3n) is 4.47. The van der Waals surface area contributed by atoms with Crippen molar-refractivity contribution < 1.29 is 41.0 Å². The molecule has 1 N–H and O–H groups in total. The SMILES string of the molecule is CCOc1cc(CC(=O)O)cc(S(=O)(=O)c2ccc(Oc3ccc(C(F)(F)F)cc3)cc2)c1. The first-order valence-electron chi connectivity index (χ1n) is 9.68. The molecular formula is C23H19F3O6S. The van der Waals surface area contributed by atoms with Crippen LogP contribution < -0.4 is 9.47 Å². The molecule has 0 spiro atoms. The Hall–Kier alpha value is -3.53. The van der Waals surface area contributed by atoms with Crippen molar-refractivity contribution in [1.29, 1.82) is 0 Å². The Kier molecular flexibility index (Phi) is 6.97. The van der Waals surface area contributed by atoms with Gasteiger partial charge in [0, 0.05) is 0 Å². The first-order valence-corrected chi connectivity index (χ1v) is 11.2. The fraction of sp³-hybridized carbons (Fsp3) is 0.174. The average Bonchev–Trinajstić information content (AvgIpc) is 2.73. The Morgan fingerprint density at radius 1 is 0.879 bits per heavy atom. The molecular weight excluding hydrogens is 461 g/mol. The molecule has 33 heavy (non-hydrogen) atoms. The average molecular weight is 480 g/mol. The largest absolute Gasteiger partial charge is 0.494 e. The number of ether oxygens (including phenoxy) is 2. The second-order valence-electron chi connectivity index (χ2n) is 6.92. The lowest BCUT2D eigenvalue weighted by molar-refractivity contribution is -0.138. The van der Waals surface area contributed by atoms with Gasteiger partial charge in [-0.05, 0) is 79.2 Å². The first-order chi connectivity index (χ1) is 15.5. The van der Waals surface area contributed by atoms with E-state index < -0.39 is 27.5 Å².